The lowest BCUT2D eigenvalue weighted by Crippen LogP contribution is -2.28. The van der Waals surface area contributed by atoms with Crippen LogP contribution in [-0.2, 0) is 11.2 Å². The quantitative estimate of drug-likeness (QED) is 0.824. The number of fused-ring (bicyclic) bond motifs is 1. The van der Waals surface area contributed by atoms with E-state index in [1.165, 1.54) is 18.4 Å². The Balaban J connectivity index is 1.91. The van der Waals surface area contributed by atoms with Crippen LogP contribution in [0.1, 0.15) is 12.0 Å². The van der Waals surface area contributed by atoms with Crippen molar-refractivity contribution in [2.45, 2.75) is 12.8 Å². The maximum atomic E-state index is 13.2. The van der Waals surface area contributed by atoms with Gasteiger partial charge in [0.1, 0.15) is 11.4 Å². The van der Waals surface area contributed by atoms with Crippen molar-refractivity contribution >= 4 is 16.9 Å². The highest BCUT2D eigenvalue weighted by molar-refractivity contribution is 5.87. The van der Waals surface area contributed by atoms with Gasteiger partial charge in [-0.15, -0.1) is 0 Å². The predicted molar refractivity (Wildman–Crippen MR) is 76.1 cm³/mol. The van der Waals surface area contributed by atoms with Gasteiger partial charge in [-0.25, -0.2) is 4.39 Å². The first kappa shape index (κ1) is 14.5. The Hall–Kier alpha value is -1.88. The van der Waals surface area contributed by atoms with Crippen molar-refractivity contribution in [1.29, 1.82) is 0 Å². The van der Waals surface area contributed by atoms with E-state index in [4.69, 9.17) is 4.42 Å². The number of furan rings is 1. The Morgan fingerprint density at radius 2 is 2.20 bits per heavy atom. The number of carbonyl (C=O) groups excluding carboxylic acids is 1. The molecule has 0 fully saturated rings. The van der Waals surface area contributed by atoms with Crippen LogP contribution >= 0.6 is 0 Å². The molecule has 0 atom stereocenters. The average Bonchev–Trinajstić information content (AvgIpc) is 2.77. The fraction of sp³-hybridized carbons (Fsp3) is 0.400. The molecule has 1 amide bonds. The molecule has 0 saturated heterocycles. The minimum absolute atomic E-state index is 0.0734. The smallest absolute Gasteiger partial charge is 0.224 e. The third-order valence-electron chi connectivity index (χ3n) is 3.07. The molecule has 2 aromatic rings. The van der Waals surface area contributed by atoms with E-state index in [2.05, 4.69) is 10.2 Å². The molecule has 1 aromatic heterocycles. The van der Waals surface area contributed by atoms with E-state index in [1.807, 2.05) is 14.1 Å². The number of hydrogen-bond donors (Lipinski definition) is 1. The molecule has 5 heteroatoms. The Bertz CT molecular complexity index is 593. The number of nitrogens with one attached hydrogen (secondary N) is 1. The largest absolute Gasteiger partial charge is 0.464 e. The zero-order chi connectivity index (χ0) is 14.5. The van der Waals surface area contributed by atoms with Crippen LogP contribution in [0.4, 0.5) is 4.39 Å². The first-order valence-electron chi connectivity index (χ1n) is 6.63. The Morgan fingerprint density at radius 3 is 2.95 bits per heavy atom. The standard InChI is InChI=1S/C15H19FN2O2/c1-18(2)7-3-6-17-15(19)8-11-10-20-14-5-4-12(16)9-13(11)14/h4-5,9-10H,3,6-8H2,1-2H3,(H,17,19). The molecule has 1 heterocycles. The third-order valence-corrected chi connectivity index (χ3v) is 3.07. The summed E-state index contributed by atoms with van der Waals surface area (Å²) in [5.41, 5.74) is 1.31. The molecule has 0 saturated carbocycles. The van der Waals surface area contributed by atoms with Gasteiger partial charge in [0.05, 0.1) is 12.7 Å². The molecule has 0 aliphatic rings. The van der Waals surface area contributed by atoms with Crippen LogP contribution in [0.5, 0.6) is 0 Å². The van der Waals surface area contributed by atoms with Crippen LogP contribution in [0.25, 0.3) is 11.0 Å². The van der Waals surface area contributed by atoms with E-state index in [9.17, 15) is 9.18 Å². The second-order valence-electron chi connectivity index (χ2n) is 5.08. The number of carbonyl (C=O) groups is 1. The maximum absolute atomic E-state index is 13.2. The SMILES string of the molecule is CN(C)CCCNC(=O)Cc1coc2ccc(F)cc12. The summed E-state index contributed by atoms with van der Waals surface area (Å²) in [6.07, 6.45) is 2.63. The predicted octanol–water partition coefficient (Wildman–Crippen LogP) is 2.18. The van der Waals surface area contributed by atoms with Crippen LogP contribution in [0.3, 0.4) is 0 Å². The van der Waals surface area contributed by atoms with Crippen molar-refractivity contribution in [2.24, 2.45) is 0 Å². The molecule has 108 valence electrons. The van der Waals surface area contributed by atoms with Gasteiger partial charge in [-0.2, -0.15) is 0 Å². The molecule has 1 N–H and O–H groups in total. The third kappa shape index (κ3) is 3.81. The molecule has 0 radical (unpaired) electrons. The molecule has 4 nitrogen and oxygen atoms in total. The molecule has 20 heavy (non-hydrogen) atoms. The lowest BCUT2D eigenvalue weighted by Gasteiger charge is -2.09. The molecule has 0 aliphatic carbocycles. The summed E-state index contributed by atoms with van der Waals surface area (Å²) in [6.45, 7) is 1.57. The molecule has 0 spiro atoms. The highest BCUT2D eigenvalue weighted by atomic mass is 19.1. The van der Waals surface area contributed by atoms with Crippen molar-refractivity contribution in [3.63, 3.8) is 0 Å². The summed E-state index contributed by atoms with van der Waals surface area (Å²) in [4.78, 5) is 13.9. The van der Waals surface area contributed by atoms with Crippen LogP contribution in [-0.4, -0.2) is 38.0 Å². The fourth-order valence-electron chi connectivity index (χ4n) is 2.05. The Labute approximate surface area is 117 Å². The zero-order valence-electron chi connectivity index (χ0n) is 11.8. The van der Waals surface area contributed by atoms with Crippen molar-refractivity contribution < 1.29 is 13.6 Å². The topological polar surface area (TPSA) is 45.5 Å². The van der Waals surface area contributed by atoms with Gasteiger partial charge in [0.15, 0.2) is 0 Å². The highest BCUT2D eigenvalue weighted by Gasteiger charge is 2.10. The lowest BCUT2D eigenvalue weighted by molar-refractivity contribution is -0.120. The number of benzene rings is 1. The summed E-state index contributed by atoms with van der Waals surface area (Å²) < 4.78 is 18.5. The van der Waals surface area contributed by atoms with Gasteiger partial charge >= 0.3 is 0 Å². The highest BCUT2D eigenvalue weighted by Crippen LogP contribution is 2.22. The second kappa shape index (κ2) is 6.52. The monoisotopic (exact) mass is 278 g/mol. The van der Waals surface area contributed by atoms with Crippen LogP contribution in [0.15, 0.2) is 28.9 Å². The first-order valence-corrected chi connectivity index (χ1v) is 6.63. The summed E-state index contributed by atoms with van der Waals surface area (Å²) in [7, 11) is 3.99. The number of rotatable bonds is 6. The molecule has 0 unspecified atom stereocenters. The van der Waals surface area contributed by atoms with E-state index < -0.39 is 0 Å². The fourth-order valence-corrected chi connectivity index (χ4v) is 2.05. The Kier molecular flexibility index (Phi) is 4.74. The van der Waals surface area contributed by atoms with Gasteiger partial charge in [0, 0.05) is 17.5 Å². The molecular weight excluding hydrogens is 259 g/mol. The van der Waals surface area contributed by atoms with Crippen LogP contribution in [0.2, 0.25) is 0 Å². The average molecular weight is 278 g/mol. The molecular formula is C15H19FN2O2. The van der Waals surface area contributed by atoms with Crippen molar-refractivity contribution in [2.75, 3.05) is 27.2 Å². The molecule has 0 aliphatic heterocycles. The van der Waals surface area contributed by atoms with Gasteiger partial charge in [0.25, 0.3) is 0 Å². The Morgan fingerprint density at radius 1 is 1.40 bits per heavy atom. The number of amides is 1. The summed E-state index contributed by atoms with van der Waals surface area (Å²) in [5.74, 6) is -0.401. The van der Waals surface area contributed by atoms with Gasteiger partial charge in [-0.1, -0.05) is 0 Å². The lowest BCUT2D eigenvalue weighted by atomic mass is 10.1. The van der Waals surface area contributed by atoms with E-state index in [-0.39, 0.29) is 18.1 Å². The van der Waals surface area contributed by atoms with E-state index >= 15 is 0 Å². The summed E-state index contributed by atoms with van der Waals surface area (Å²) >= 11 is 0. The van der Waals surface area contributed by atoms with Gasteiger partial charge < -0.3 is 14.6 Å². The van der Waals surface area contributed by atoms with E-state index in [0.29, 0.717) is 23.1 Å². The van der Waals surface area contributed by atoms with Gasteiger partial charge in [0.2, 0.25) is 5.91 Å². The van der Waals surface area contributed by atoms with E-state index in [0.717, 1.165) is 13.0 Å². The van der Waals surface area contributed by atoms with E-state index in [1.54, 1.807) is 6.07 Å². The first-order chi connectivity index (χ1) is 9.56. The summed E-state index contributed by atoms with van der Waals surface area (Å²) in [6, 6.07) is 4.31. The van der Waals surface area contributed by atoms with Gasteiger partial charge in [-0.05, 0) is 45.3 Å². The van der Waals surface area contributed by atoms with Crippen LogP contribution in [0, 0.1) is 5.82 Å². The molecule has 0 bridgehead atoms. The van der Waals surface area contributed by atoms with Crippen LogP contribution < -0.4 is 5.32 Å². The summed E-state index contributed by atoms with van der Waals surface area (Å²) in [5, 5.41) is 3.52. The van der Waals surface area contributed by atoms with Gasteiger partial charge in [-0.3, -0.25) is 4.79 Å². The number of hydrogen-bond acceptors (Lipinski definition) is 3. The van der Waals surface area contributed by atoms with Crippen molar-refractivity contribution in [1.82, 2.24) is 10.2 Å². The zero-order valence-corrected chi connectivity index (χ0v) is 11.8. The molecule has 1 aromatic carbocycles. The second-order valence-corrected chi connectivity index (χ2v) is 5.08. The number of nitrogens with zero attached hydrogens (tertiary/aromatic N) is 1. The minimum Gasteiger partial charge on any atom is -0.464 e. The number of halogens is 1. The minimum atomic E-state index is -0.327. The maximum Gasteiger partial charge on any atom is 0.224 e. The van der Waals surface area contributed by atoms with Crippen molar-refractivity contribution in [3.8, 4) is 0 Å². The normalized spacial score (nSPS) is 11.2. The molecule has 2 rings (SSSR count). The van der Waals surface area contributed by atoms with Crippen molar-refractivity contribution in [3.05, 3.63) is 35.8 Å².